The van der Waals surface area contributed by atoms with Gasteiger partial charge in [0.15, 0.2) is 6.61 Å². The molecule has 0 heterocycles. The van der Waals surface area contributed by atoms with Gasteiger partial charge >= 0.3 is 0 Å². The van der Waals surface area contributed by atoms with E-state index in [1.807, 2.05) is 12.1 Å². The van der Waals surface area contributed by atoms with Crippen LogP contribution in [0.3, 0.4) is 0 Å². The molecule has 0 spiro atoms. The molecule has 2 aromatic rings. The van der Waals surface area contributed by atoms with Crippen molar-refractivity contribution in [3.63, 3.8) is 0 Å². The summed E-state index contributed by atoms with van der Waals surface area (Å²) in [7, 11) is 0. The molecular formula is C18H18N2O3. The Morgan fingerprint density at radius 2 is 1.87 bits per heavy atom. The molecule has 1 aliphatic carbocycles. The van der Waals surface area contributed by atoms with E-state index in [9.17, 15) is 9.59 Å². The van der Waals surface area contributed by atoms with Crippen molar-refractivity contribution in [3.8, 4) is 5.75 Å². The summed E-state index contributed by atoms with van der Waals surface area (Å²) >= 11 is 0. The molecule has 0 saturated carbocycles. The van der Waals surface area contributed by atoms with Gasteiger partial charge in [-0.3, -0.25) is 9.59 Å². The van der Waals surface area contributed by atoms with Gasteiger partial charge in [0.2, 0.25) is 0 Å². The van der Waals surface area contributed by atoms with Crippen LogP contribution in [0.5, 0.6) is 5.75 Å². The number of aryl methyl sites for hydroxylation is 1. The SMILES string of the molecule is NC(=O)COc1ccc(C(=O)N[C@H]2CCc3ccccc32)cc1. The first-order chi connectivity index (χ1) is 11.1. The van der Waals surface area contributed by atoms with Gasteiger partial charge in [0.1, 0.15) is 5.75 Å². The zero-order valence-electron chi connectivity index (χ0n) is 12.6. The molecule has 0 aromatic heterocycles. The fraction of sp³-hybridized carbons (Fsp3) is 0.222. The molecule has 0 bridgehead atoms. The Hall–Kier alpha value is -2.82. The molecule has 2 amide bonds. The lowest BCUT2D eigenvalue weighted by Gasteiger charge is -2.14. The second-order valence-electron chi connectivity index (χ2n) is 5.54. The van der Waals surface area contributed by atoms with Crippen LogP contribution in [-0.2, 0) is 11.2 Å². The Morgan fingerprint density at radius 1 is 1.13 bits per heavy atom. The average Bonchev–Trinajstić information content (AvgIpc) is 2.96. The summed E-state index contributed by atoms with van der Waals surface area (Å²) in [4.78, 5) is 23.0. The van der Waals surface area contributed by atoms with Crippen LogP contribution in [0.15, 0.2) is 48.5 Å². The Labute approximate surface area is 134 Å². The van der Waals surface area contributed by atoms with Crippen molar-refractivity contribution in [3.05, 3.63) is 65.2 Å². The van der Waals surface area contributed by atoms with E-state index in [4.69, 9.17) is 10.5 Å². The van der Waals surface area contributed by atoms with Gasteiger partial charge in [0.25, 0.3) is 11.8 Å². The highest BCUT2D eigenvalue weighted by Crippen LogP contribution is 2.30. The molecule has 23 heavy (non-hydrogen) atoms. The largest absolute Gasteiger partial charge is 0.484 e. The van der Waals surface area contributed by atoms with Crippen molar-refractivity contribution in [1.29, 1.82) is 0 Å². The maximum atomic E-state index is 12.4. The lowest BCUT2D eigenvalue weighted by molar-refractivity contribution is -0.119. The summed E-state index contributed by atoms with van der Waals surface area (Å²) in [6, 6.07) is 14.9. The summed E-state index contributed by atoms with van der Waals surface area (Å²) in [5, 5.41) is 3.07. The standard InChI is InChI=1S/C18H18N2O3/c19-17(21)11-23-14-8-5-13(6-9-14)18(22)20-16-10-7-12-3-1-2-4-15(12)16/h1-6,8-9,16H,7,10-11H2,(H2,19,21)(H,20,22)/t16-/m0/s1. The minimum Gasteiger partial charge on any atom is -0.484 e. The van der Waals surface area contributed by atoms with Crippen LogP contribution >= 0.6 is 0 Å². The molecule has 0 radical (unpaired) electrons. The van der Waals surface area contributed by atoms with Crippen molar-refractivity contribution < 1.29 is 14.3 Å². The summed E-state index contributed by atoms with van der Waals surface area (Å²) in [6.45, 7) is -0.176. The van der Waals surface area contributed by atoms with Gasteiger partial charge in [0.05, 0.1) is 6.04 Å². The molecule has 3 rings (SSSR count). The molecule has 1 aliphatic rings. The van der Waals surface area contributed by atoms with E-state index in [1.165, 1.54) is 11.1 Å². The van der Waals surface area contributed by atoms with Gasteiger partial charge in [-0.1, -0.05) is 24.3 Å². The Bertz CT molecular complexity index is 725. The van der Waals surface area contributed by atoms with E-state index < -0.39 is 5.91 Å². The fourth-order valence-electron chi connectivity index (χ4n) is 2.81. The number of amides is 2. The molecule has 2 aromatic carbocycles. The Morgan fingerprint density at radius 3 is 2.61 bits per heavy atom. The quantitative estimate of drug-likeness (QED) is 0.886. The number of fused-ring (bicyclic) bond motifs is 1. The van der Waals surface area contributed by atoms with E-state index in [2.05, 4.69) is 17.4 Å². The normalized spacial score (nSPS) is 15.7. The van der Waals surface area contributed by atoms with Crippen molar-refractivity contribution in [1.82, 2.24) is 5.32 Å². The van der Waals surface area contributed by atoms with E-state index in [1.54, 1.807) is 24.3 Å². The van der Waals surface area contributed by atoms with E-state index in [-0.39, 0.29) is 18.6 Å². The molecule has 5 nitrogen and oxygen atoms in total. The number of benzene rings is 2. The van der Waals surface area contributed by atoms with E-state index in [0.717, 1.165) is 12.8 Å². The topological polar surface area (TPSA) is 81.4 Å². The number of ether oxygens (including phenoxy) is 1. The zero-order valence-corrected chi connectivity index (χ0v) is 12.6. The number of carbonyl (C=O) groups is 2. The predicted octanol–water partition coefficient (Wildman–Crippen LogP) is 1.97. The maximum Gasteiger partial charge on any atom is 0.255 e. The van der Waals surface area contributed by atoms with Gasteiger partial charge in [-0.2, -0.15) is 0 Å². The van der Waals surface area contributed by atoms with Crippen LogP contribution in [0.1, 0.15) is 33.9 Å². The number of carbonyl (C=O) groups excluding carboxylic acids is 2. The third kappa shape index (κ3) is 3.51. The van der Waals surface area contributed by atoms with Gasteiger partial charge in [-0.25, -0.2) is 0 Å². The second-order valence-corrected chi connectivity index (χ2v) is 5.54. The van der Waals surface area contributed by atoms with Crippen molar-refractivity contribution in [2.45, 2.75) is 18.9 Å². The van der Waals surface area contributed by atoms with Crippen molar-refractivity contribution in [2.75, 3.05) is 6.61 Å². The van der Waals surface area contributed by atoms with Gasteiger partial charge in [0, 0.05) is 5.56 Å². The first-order valence-corrected chi connectivity index (χ1v) is 7.53. The van der Waals surface area contributed by atoms with Crippen molar-refractivity contribution >= 4 is 11.8 Å². The highest BCUT2D eigenvalue weighted by Gasteiger charge is 2.23. The smallest absolute Gasteiger partial charge is 0.255 e. The zero-order chi connectivity index (χ0) is 16.2. The van der Waals surface area contributed by atoms with Crippen LogP contribution in [-0.4, -0.2) is 18.4 Å². The number of hydrogen-bond acceptors (Lipinski definition) is 3. The molecule has 3 N–H and O–H groups in total. The fourth-order valence-corrected chi connectivity index (χ4v) is 2.81. The first-order valence-electron chi connectivity index (χ1n) is 7.53. The average molecular weight is 310 g/mol. The summed E-state index contributed by atoms with van der Waals surface area (Å²) in [5.74, 6) is -0.147. The van der Waals surface area contributed by atoms with Crippen LogP contribution in [0.2, 0.25) is 0 Å². The maximum absolute atomic E-state index is 12.4. The highest BCUT2D eigenvalue weighted by atomic mass is 16.5. The van der Waals surface area contributed by atoms with Crippen molar-refractivity contribution in [2.24, 2.45) is 5.73 Å². The second kappa shape index (κ2) is 6.52. The predicted molar refractivity (Wildman–Crippen MR) is 86.1 cm³/mol. The number of primary amides is 1. The monoisotopic (exact) mass is 310 g/mol. The Balaban J connectivity index is 1.64. The molecular weight excluding hydrogens is 292 g/mol. The lowest BCUT2D eigenvalue weighted by Crippen LogP contribution is -2.27. The van der Waals surface area contributed by atoms with Gasteiger partial charge < -0.3 is 15.8 Å². The third-order valence-corrected chi connectivity index (χ3v) is 3.94. The minimum atomic E-state index is -0.535. The number of nitrogens with two attached hydrogens (primary N) is 1. The summed E-state index contributed by atoms with van der Waals surface area (Å²) in [6.07, 6.45) is 1.91. The molecule has 1 atom stereocenters. The minimum absolute atomic E-state index is 0.0597. The number of nitrogens with one attached hydrogen (secondary N) is 1. The van der Waals surface area contributed by atoms with Crippen LogP contribution < -0.4 is 15.8 Å². The van der Waals surface area contributed by atoms with E-state index >= 15 is 0 Å². The van der Waals surface area contributed by atoms with Gasteiger partial charge in [-0.05, 0) is 48.2 Å². The van der Waals surface area contributed by atoms with E-state index in [0.29, 0.717) is 11.3 Å². The summed E-state index contributed by atoms with van der Waals surface area (Å²) < 4.78 is 5.18. The van der Waals surface area contributed by atoms with Gasteiger partial charge in [-0.15, -0.1) is 0 Å². The molecule has 0 unspecified atom stereocenters. The molecule has 5 heteroatoms. The Kier molecular flexibility index (Phi) is 4.28. The van der Waals surface area contributed by atoms with Crippen LogP contribution in [0, 0.1) is 0 Å². The summed E-state index contributed by atoms with van der Waals surface area (Å²) in [5.41, 5.74) is 8.07. The lowest BCUT2D eigenvalue weighted by atomic mass is 10.1. The first kappa shape index (κ1) is 15.1. The number of hydrogen-bond donors (Lipinski definition) is 2. The van der Waals surface area contributed by atoms with Crippen LogP contribution in [0.4, 0.5) is 0 Å². The highest BCUT2D eigenvalue weighted by molar-refractivity contribution is 5.94. The molecule has 0 aliphatic heterocycles. The number of rotatable bonds is 5. The third-order valence-electron chi connectivity index (χ3n) is 3.94. The molecule has 0 saturated heterocycles. The molecule has 118 valence electrons. The van der Waals surface area contributed by atoms with Crippen LogP contribution in [0.25, 0.3) is 0 Å². The molecule has 0 fully saturated rings.